The largest absolute Gasteiger partial charge is 0.390 e. The van der Waals surface area contributed by atoms with Gasteiger partial charge in [-0.1, -0.05) is 49.6 Å². The topological polar surface area (TPSA) is 55.4 Å². The third kappa shape index (κ3) is 4.98. The number of nitrogens with zero attached hydrogens (tertiary/aromatic N) is 3. The number of β-amino-alcohol motifs (C(OH)–C–C–N with tert-alkyl or cyclic N) is 1. The van der Waals surface area contributed by atoms with Crippen molar-refractivity contribution in [2.45, 2.75) is 57.2 Å². The zero-order valence-corrected chi connectivity index (χ0v) is 16.2. The Morgan fingerprint density at radius 2 is 1.67 bits per heavy atom. The summed E-state index contributed by atoms with van der Waals surface area (Å²) in [6.45, 7) is 5.25. The molecule has 0 amide bonds. The molecule has 1 unspecified atom stereocenters. The van der Waals surface area contributed by atoms with Crippen LogP contribution in [0, 0.1) is 0 Å². The van der Waals surface area contributed by atoms with Crippen LogP contribution in [0.1, 0.15) is 54.8 Å². The van der Waals surface area contributed by atoms with Crippen molar-refractivity contribution in [3.63, 3.8) is 0 Å². The quantitative estimate of drug-likeness (QED) is 0.851. The van der Waals surface area contributed by atoms with Crippen LogP contribution >= 0.6 is 0 Å². The van der Waals surface area contributed by atoms with E-state index in [1.807, 2.05) is 6.20 Å². The van der Waals surface area contributed by atoms with Crippen LogP contribution in [0.4, 0.5) is 0 Å². The molecular weight excluding hydrogens is 336 g/mol. The van der Waals surface area contributed by atoms with E-state index in [0.717, 1.165) is 39.3 Å². The highest BCUT2D eigenvalue weighted by molar-refractivity contribution is 5.21. The maximum Gasteiger partial charge on any atom is 0.0794 e. The fourth-order valence-corrected chi connectivity index (χ4v) is 4.68. The molecule has 2 N–H and O–H groups in total. The summed E-state index contributed by atoms with van der Waals surface area (Å²) < 4.78 is 0. The average Bonchev–Trinajstić information content (AvgIpc) is 3.08. The van der Waals surface area contributed by atoms with Crippen molar-refractivity contribution >= 4 is 0 Å². The van der Waals surface area contributed by atoms with Crippen molar-refractivity contribution in [2.24, 2.45) is 0 Å². The monoisotopic (exact) mass is 368 g/mol. The molecule has 2 heterocycles. The molecule has 27 heavy (non-hydrogen) atoms. The van der Waals surface area contributed by atoms with Crippen molar-refractivity contribution < 1.29 is 5.11 Å². The van der Waals surface area contributed by atoms with Gasteiger partial charge in [0.1, 0.15) is 0 Å². The molecule has 5 heteroatoms. The van der Waals surface area contributed by atoms with E-state index in [2.05, 4.69) is 50.3 Å². The van der Waals surface area contributed by atoms with Crippen molar-refractivity contribution in [1.82, 2.24) is 20.0 Å². The Bertz CT molecular complexity index is 695. The zero-order valence-electron chi connectivity index (χ0n) is 16.2. The zero-order chi connectivity index (χ0) is 18.5. The van der Waals surface area contributed by atoms with E-state index in [9.17, 15) is 5.11 Å². The number of aromatic amines is 1. The van der Waals surface area contributed by atoms with Crippen LogP contribution in [0.15, 0.2) is 36.5 Å². The molecule has 1 saturated carbocycles. The lowest BCUT2D eigenvalue weighted by molar-refractivity contribution is 0.106. The maximum absolute atomic E-state index is 10.5. The second-order valence-corrected chi connectivity index (χ2v) is 8.25. The summed E-state index contributed by atoms with van der Waals surface area (Å²) in [5, 5.41) is 18.2. The third-order valence-corrected chi connectivity index (χ3v) is 6.08. The van der Waals surface area contributed by atoms with Gasteiger partial charge in [0.15, 0.2) is 0 Å². The number of rotatable bonds is 5. The average molecular weight is 369 g/mol. The summed E-state index contributed by atoms with van der Waals surface area (Å²) in [5.74, 6) is 0.641. The van der Waals surface area contributed by atoms with Gasteiger partial charge in [-0.3, -0.25) is 14.9 Å². The Kier molecular flexibility index (Phi) is 6.22. The highest BCUT2D eigenvalue weighted by Gasteiger charge is 2.24. The van der Waals surface area contributed by atoms with E-state index >= 15 is 0 Å². The first kappa shape index (κ1) is 18.7. The lowest BCUT2D eigenvalue weighted by Crippen LogP contribution is -2.33. The number of aliphatic hydroxyl groups excluding tert-OH is 1. The Morgan fingerprint density at radius 3 is 2.41 bits per heavy atom. The molecule has 1 aromatic carbocycles. The maximum atomic E-state index is 10.5. The van der Waals surface area contributed by atoms with Gasteiger partial charge in [-0.25, -0.2) is 0 Å². The molecule has 1 atom stereocenters. The molecule has 1 saturated heterocycles. The SMILES string of the molecule is OC1CN(Cc2ccccc2)CCN(Cc2cn[nH]c2C2CCCCC2)C1. The van der Waals surface area contributed by atoms with E-state index < -0.39 is 0 Å². The molecule has 2 fully saturated rings. The summed E-state index contributed by atoms with van der Waals surface area (Å²) in [7, 11) is 0. The molecule has 0 radical (unpaired) electrons. The molecule has 2 aliphatic rings. The Balaban J connectivity index is 1.37. The summed E-state index contributed by atoms with van der Waals surface area (Å²) in [6.07, 6.45) is 8.30. The lowest BCUT2D eigenvalue weighted by Gasteiger charge is -2.25. The molecule has 4 rings (SSSR count). The van der Waals surface area contributed by atoms with Crippen LogP contribution in [0.2, 0.25) is 0 Å². The number of nitrogens with one attached hydrogen (secondary N) is 1. The summed E-state index contributed by atoms with van der Waals surface area (Å²) >= 11 is 0. The van der Waals surface area contributed by atoms with Crippen LogP contribution in [-0.2, 0) is 13.1 Å². The van der Waals surface area contributed by atoms with E-state index in [1.54, 1.807) is 0 Å². The Hall–Kier alpha value is -1.69. The highest BCUT2D eigenvalue weighted by atomic mass is 16.3. The summed E-state index contributed by atoms with van der Waals surface area (Å²) in [6, 6.07) is 10.6. The molecule has 2 aromatic rings. The Morgan fingerprint density at radius 1 is 0.963 bits per heavy atom. The molecule has 1 aliphatic carbocycles. The summed E-state index contributed by atoms with van der Waals surface area (Å²) in [5.41, 5.74) is 3.98. The Labute approximate surface area is 162 Å². The molecule has 1 aromatic heterocycles. The van der Waals surface area contributed by atoms with Crippen LogP contribution in [0.5, 0.6) is 0 Å². The minimum absolute atomic E-state index is 0.304. The predicted molar refractivity (Wildman–Crippen MR) is 107 cm³/mol. The molecule has 0 spiro atoms. The van der Waals surface area contributed by atoms with Crippen LogP contribution < -0.4 is 0 Å². The van der Waals surface area contributed by atoms with E-state index in [-0.39, 0.29) is 6.10 Å². The molecule has 5 nitrogen and oxygen atoms in total. The fraction of sp³-hybridized carbons (Fsp3) is 0.591. The van der Waals surface area contributed by atoms with Crippen LogP contribution in [-0.4, -0.2) is 57.4 Å². The standard InChI is InChI=1S/C22H32N4O/c27-21-16-25(14-18-7-3-1-4-8-18)11-12-26(17-21)15-20-13-23-24-22(20)19-9-5-2-6-10-19/h1,3-4,7-8,13,19,21,27H,2,5-6,9-12,14-17H2,(H,23,24). The van der Waals surface area contributed by atoms with Crippen molar-refractivity contribution in [2.75, 3.05) is 26.2 Å². The van der Waals surface area contributed by atoms with Gasteiger partial charge in [0.25, 0.3) is 0 Å². The fourth-order valence-electron chi connectivity index (χ4n) is 4.68. The lowest BCUT2D eigenvalue weighted by atomic mass is 9.85. The van der Waals surface area contributed by atoms with Gasteiger partial charge >= 0.3 is 0 Å². The number of aliphatic hydroxyl groups is 1. The molecular formula is C22H32N4O. The molecule has 146 valence electrons. The number of hydrogen-bond acceptors (Lipinski definition) is 4. The van der Waals surface area contributed by atoms with Crippen molar-refractivity contribution in [1.29, 1.82) is 0 Å². The van der Waals surface area contributed by atoms with Gasteiger partial charge < -0.3 is 5.11 Å². The smallest absolute Gasteiger partial charge is 0.0794 e. The van der Waals surface area contributed by atoms with Gasteiger partial charge in [0.05, 0.1) is 12.3 Å². The van der Waals surface area contributed by atoms with E-state index in [0.29, 0.717) is 5.92 Å². The number of benzene rings is 1. The molecule has 0 bridgehead atoms. The third-order valence-electron chi connectivity index (χ3n) is 6.08. The van der Waals surface area contributed by atoms with Gasteiger partial charge in [-0.2, -0.15) is 5.10 Å². The van der Waals surface area contributed by atoms with Gasteiger partial charge in [0, 0.05) is 56.4 Å². The molecule has 1 aliphatic heterocycles. The van der Waals surface area contributed by atoms with Crippen molar-refractivity contribution in [3.05, 3.63) is 53.3 Å². The normalized spacial score (nSPS) is 23.4. The van der Waals surface area contributed by atoms with Crippen LogP contribution in [0.25, 0.3) is 0 Å². The van der Waals surface area contributed by atoms with Crippen molar-refractivity contribution in [3.8, 4) is 0 Å². The predicted octanol–water partition coefficient (Wildman–Crippen LogP) is 3.14. The van der Waals surface area contributed by atoms with E-state index in [4.69, 9.17) is 0 Å². The van der Waals surface area contributed by atoms with Gasteiger partial charge in [-0.15, -0.1) is 0 Å². The van der Waals surface area contributed by atoms with Gasteiger partial charge in [-0.05, 0) is 18.4 Å². The van der Waals surface area contributed by atoms with Gasteiger partial charge in [0.2, 0.25) is 0 Å². The second-order valence-electron chi connectivity index (χ2n) is 8.25. The second kappa shape index (κ2) is 9.00. The first-order valence-corrected chi connectivity index (χ1v) is 10.5. The van der Waals surface area contributed by atoms with Crippen LogP contribution in [0.3, 0.4) is 0 Å². The minimum atomic E-state index is -0.304. The number of aromatic nitrogens is 2. The summed E-state index contributed by atoms with van der Waals surface area (Å²) in [4.78, 5) is 4.77. The number of H-pyrrole nitrogens is 1. The first-order valence-electron chi connectivity index (χ1n) is 10.5. The number of hydrogen-bond donors (Lipinski definition) is 2. The van der Waals surface area contributed by atoms with E-state index in [1.165, 1.54) is 48.9 Å². The first-order chi connectivity index (χ1) is 13.3. The highest BCUT2D eigenvalue weighted by Crippen LogP contribution is 2.33. The minimum Gasteiger partial charge on any atom is -0.390 e.